The Bertz CT molecular complexity index is 1480. The molecule has 3 aromatic carbocycles. The van der Waals surface area contributed by atoms with Gasteiger partial charge in [0.1, 0.15) is 23.6 Å². The van der Waals surface area contributed by atoms with Crippen molar-refractivity contribution < 1.29 is 19.1 Å². The Kier molecular flexibility index (Phi) is 10.2. The van der Waals surface area contributed by atoms with Gasteiger partial charge < -0.3 is 25.0 Å². The van der Waals surface area contributed by atoms with Crippen molar-refractivity contribution in [2.24, 2.45) is 0 Å². The zero-order chi connectivity index (χ0) is 27.2. The fourth-order valence-corrected chi connectivity index (χ4v) is 4.33. The Hall–Kier alpha value is -3.72. The number of hydrogen-bond donors (Lipinski definition) is 2. The molecule has 3 amide bonds. The molecule has 11 heteroatoms. The first-order chi connectivity index (χ1) is 18.3. The average Bonchev–Trinajstić information content (AvgIpc) is 2.92. The van der Waals surface area contributed by atoms with Gasteiger partial charge in [0.25, 0.3) is 0 Å². The molecule has 1 aromatic heterocycles. The third kappa shape index (κ3) is 7.23. The Morgan fingerprint density at radius 1 is 1.00 bits per heavy atom. The fourth-order valence-electron chi connectivity index (χ4n) is 3.72. The van der Waals surface area contributed by atoms with Crippen LogP contribution in [-0.4, -0.2) is 37.6 Å². The Morgan fingerprint density at radius 3 is 2.46 bits per heavy atom. The van der Waals surface area contributed by atoms with Crippen LogP contribution in [0, 0.1) is 6.92 Å². The van der Waals surface area contributed by atoms with Crippen LogP contribution in [0.2, 0.25) is 10.0 Å². The largest absolute Gasteiger partial charge is 0.497 e. The molecule has 0 saturated heterocycles. The molecule has 204 valence electrons. The average molecular weight is 590 g/mol. The smallest absolute Gasteiger partial charge is 0.319 e. The summed E-state index contributed by atoms with van der Waals surface area (Å²) in [5.74, 6) is 0.890. The minimum Gasteiger partial charge on any atom is -0.497 e. The summed E-state index contributed by atoms with van der Waals surface area (Å²) < 4.78 is 11.2. The summed E-state index contributed by atoms with van der Waals surface area (Å²) in [6.45, 7) is 1.74. The van der Waals surface area contributed by atoms with Gasteiger partial charge in [0, 0.05) is 34.4 Å². The van der Waals surface area contributed by atoms with Crippen molar-refractivity contribution in [3.05, 3.63) is 88.0 Å². The van der Waals surface area contributed by atoms with Crippen LogP contribution in [0.3, 0.4) is 0 Å². The van der Waals surface area contributed by atoms with Crippen molar-refractivity contribution >= 4 is 69.8 Å². The Labute approximate surface area is 242 Å². The number of rotatable bonds is 8. The van der Waals surface area contributed by atoms with E-state index in [1.54, 1.807) is 50.6 Å². The molecule has 0 unspecified atom stereocenters. The first-order valence-corrected chi connectivity index (χ1v) is 12.4. The molecule has 0 aliphatic carbocycles. The quantitative estimate of drug-likeness (QED) is 0.240. The van der Waals surface area contributed by atoms with Crippen LogP contribution in [0.5, 0.6) is 11.5 Å². The van der Waals surface area contributed by atoms with E-state index >= 15 is 0 Å². The zero-order valence-corrected chi connectivity index (χ0v) is 23.8. The minimum absolute atomic E-state index is 0. The predicted octanol–water partition coefficient (Wildman–Crippen LogP) is 6.64. The standard InChI is InChI=1S/C28H26Cl2N4O4.ClH/c1-17-7-8-18-5-4-6-24(27(18)32-17)38-16-21-22(29)13-14-23(26(21)30)34(2)25(35)15-31-28(36)33-19-9-11-20(37-3)12-10-19;/h4-14H,15-16H2,1-3H3,(H2,31,33,36);1H. The van der Waals surface area contributed by atoms with E-state index in [1.165, 1.54) is 4.90 Å². The summed E-state index contributed by atoms with van der Waals surface area (Å²) in [7, 11) is 3.13. The number of hydrogen-bond acceptors (Lipinski definition) is 5. The minimum atomic E-state index is -0.521. The van der Waals surface area contributed by atoms with Gasteiger partial charge in [0.2, 0.25) is 5.91 Å². The second kappa shape index (κ2) is 13.4. The SMILES string of the molecule is COc1ccc(NC(=O)NCC(=O)N(C)c2ccc(Cl)c(COc3cccc4ccc(C)nc34)c2Cl)cc1.Cl. The van der Waals surface area contributed by atoms with Gasteiger partial charge in [-0.25, -0.2) is 9.78 Å². The number of anilines is 2. The lowest BCUT2D eigenvalue weighted by Crippen LogP contribution is -2.40. The van der Waals surface area contributed by atoms with Crippen LogP contribution in [0.4, 0.5) is 16.2 Å². The van der Waals surface area contributed by atoms with Gasteiger partial charge in [0.05, 0.1) is 24.4 Å². The summed E-state index contributed by atoms with van der Waals surface area (Å²) in [4.78, 5) is 31.0. The van der Waals surface area contributed by atoms with Gasteiger partial charge in [-0.15, -0.1) is 12.4 Å². The summed E-state index contributed by atoms with van der Waals surface area (Å²) in [6, 6.07) is 19.2. The van der Waals surface area contributed by atoms with E-state index in [4.69, 9.17) is 32.7 Å². The maximum absolute atomic E-state index is 12.8. The molecule has 0 bridgehead atoms. The summed E-state index contributed by atoms with van der Waals surface area (Å²) in [6.07, 6.45) is 0. The summed E-state index contributed by atoms with van der Waals surface area (Å²) in [5.41, 5.74) is 3.13. The molecule has 0 aliphatic rings. The molecule has 0 spiro atoms. The molecule has 4 aromatic rings. The molecule has 0 radical (unpaired) electrons. The maximum Gasteiger partial charge on any atom is 0.319 e. The van der Waals surface area contributed by atoms with E-state index in [-0.39, 0.29) is 36.5 Å². The topological polar surface area (TPSA) is 92.8 Å². The number of likely N-dealkylation sites (N-methyl/N-ethyl adjacent to an activating group) is 1. The van der Waals surface area contributed by atoms with Gasteiger partial charge in [-0.05, 0) is 55.5 Å². The van der Waals surface area contributed by atoms with Crippen molar-refractivity contribution in [3.8, 4) is 11.5 Å². The van der Waals surface area contributed by atoms with E-state index in [2.05, 4.69) is 15.6 Å². The van der Waals surface area contributed by atoms with Crippen molar-refractivity contribution in [2.45, 2.75) is 13.5 Å². The maximum atomic E-state index is 12.8. The van der Waals surface area contributed by atoms with E-state index in [0.29, 0.717) is 33.5 Å². The number of pyridine rings is 1. The highest BCUT2D eigenvalue weighted by Gasteiger charge is 2.19. The molecule has 0 aliphatic heterocycles. The van der Waals surface area contributed by atoms with Crippen molar-refractivity contribution in [3.63, 3.8) is 0 Å². The van der Waals surface area contributed by atoms with Gasteiger partial charge in [-0.3, -0.25) is 4.79 Å². The number of fused-ring (bicyclic) bond motifs is 1. The van der Waals surface area contributed by atoms with Crippen LogP contribution in [0.15, 0.2) is 66.7 Å². The molecule has 0 saturated carbocycles. The lowest BCUT2D eigenvalue weighted by molar-refractivity contribution is -0.117. The number of nitrogens with one attached hydrogen (secondary N) is 2. The predicted molar refractivity (Wildman–Crippen MR) is 158 cm³/mol. The van der Waals surface area contributed by atoms with Crippen LogP contribution in [0.25, 0.3) is 10.9 Å². The number of aryl methyl sites for hydroxylation is 1. The van der Waals surface area contributed by atoms with Crippen LogP contribution in [-0.2, 0) is 11.4 Å². The summed E-state index contributed by atoms with van der Waals surface area (Å²) in [5, 5.41) is 6.85. The number of urea groups is 1. The van der Waals surface area contributed by atoms with Gasteiger partial charge in [-0.2, -0.15) is 0 Å². The van der Waals surface area contributed by atoms with Crippen LogP contribution >= 0.6 is 35.6 Å². The third-order valence-electron chi connectivity index (χ3n) is 5.84. The highest BCUT2D eigenvalue weighted by atomic mass is 35.5. The monoisotopic (exact) mass is 588 g/mol. The highest BCUT2D eigenvalue weighted by molar-refractivity contribution is 6.38. The molecule has 2 N–H and O–H groups in total. The highest BCUT2D eigenvalue weighted by Crippen LogP contribution is 2.35. The number of nitrogens with zero attached hydrogens (tertiary/aromatic N) is 2. The lowest BCUT2D eigenvalue weighted by atomic mass is 10.1. The van der Waals surface area contributed by atoms with E-state index in [9.17, 15) is 9.59 Å². The normalized spacial score (nSPS) is 10.4. The van der Waals surface area contributed by atoms with E-state index in [1.807, 2.05) is 37.3 Å². The number of methoxy groups -OCH3 is 1. The van der Waals surface area contributed by atoms with Crippen LogP contribution in [0.1, 0.15) is 11.3 Å². The van der Waals surface area contributed by atoms with Gasteiger partial charge in [-0.1, -0.05) is 41.4 Å². The van der Waals surface area contributed by atoms with E-state index in [0.717, 1.165) is 16.6 Å². The Morgan fingerprint density at radius 2 is 1.74 bits per heavy atom. The number of benzene rings is 3. The number of amides is 3. The molecular formula is C28H27Cl3N4O4. The molecule has 4 rings (SSSR count). The number of para-hydroxylation sites is 1. The van der Waals surface area contributed by atoms with Crippen molar-refractivity contribution in [1.29, 1.82) is 0 Å². The lowest BCUT2D eigenvalue weighted by Gasteiger charge is -2.21. The number of aromatic nitrogens is 1. The molecule has 0 atom stereocenters. The third-order valence-corrected chi connectivity index (χ3v) is 6.62. The van der Waals surface area contributed by atoms with Gasteiger partial charge >= 0.3 is 6.03 Å². The Balaban J connectivity index is 0.00000420. The summed E-state index contributed by atoms with van der Waals surface area (Å²) >= 11 is 13.1. The van der Waals surface area contributed by atoms with Gasteiger partial charge in [0.15, 0.2) is 0 Å². The molecule has 1 heterocycles. The van der Waals surface area contributed by atoms with Crippen LogP contribution < -0.4 is 25.0 Å². The number of ether oxygens (including phenoxy) is 2. The molecule has 39 heavy (non-hydrogen) atoms. The second-order valence-electron chi connectivity index (χ2n) is 8.42. The molecular weight excluding hydrogens is 563 g/mol. The van der Waals surface area contributed by atoms with E-state index < -0.39 is 6.03 Å². The number of carbonyl (C=O) groups excluding carboxylic acids is 2. The number of carbonyl (C=O) groups is 2. The fraction of sp³-hybridized carbons (Fsp3) is 0.179. The molecule has 0 fully saturated rings. The van der Waals surface area contributed by atoms with Crippen molar-refractivity contribution in [1.82, 2.24) is 10.3 Å². The number of halogens is 3. The molecule has 8 nitrogen and oxygen atoms in total. The van der Waals surface area contributed by atoms with Crippen molar-refractivity contribution in [2.75, 3.05) is 30.9 Å². The zero-order valence-electron chi connectivity index (χ0n) is 21.5. The first-order valence-electron chi connectivity index (χ1n) is 11.7. The first kappa shape index (κ1) is 29.8. The second-order valence-corrected chi connectivity index (χ2v) is 9.20.